The molecule has 0 bridgehead atoms. The molecule has 0 N–H and O–H groups in total. The van der Waals surface area contributed by atoms with E-state index in [1.54, 1.807) is 11.8 Å². The number of anilines is 1. The van der Waals surface area contributed by atoms with Gasteiger partial charge in [-0.15, -0.1) is 11.3 Å². The number of ether oxygens (including phenoxy) is 1. The van der Waals surface area contributed by atoms with Crippen LogP contribution in [0.15, 0.2) is 42.3 Å². The third-order valence-electron chi connectivity index (χ3n) is 9.03. The predicted molar refractivity (Wildman–Crippen MR) is 169 cm³/mol. The first-order valence-corrected chi connectivity index (χ1v) is 16.0. The van der Waals surface area contributed by atoms with Crippen LogP contribution in [-0.4, -0.2) is 75.2 Å². The Morgan fingerprint density at radius 2 is 1.89 bits per heavy atom. The number of fused-ring (bicyclic) bond motifs is 2. The van der Waals surface area contributed by atoms with Crippen LogP contribution < -0.4 is 9.64 Å². The number of hydrogen-bond acceptors (Lipinski definition) is 7. The van der Waals surface area contributed by atoms with Gasteiger partial charge in [-0.1, -0.05) is 6.58 Å². The highest BCUT2D eigenvalue weighted by Gasteiger charge is 2.53. The van der Waals surface area contributed by atoms with Gasteiger partial charge in [0, 0.05) is 72.8 Å². The van der Waals surface area contributed by atoms with Crippen LogP contribution >= 0.6 is 11.3 Å². The summed E-state index contributed by atoms with van der Waals surface area (Å²) in [6.45, 7) is 14.7. The highest BCUT2D eigenvalue weighted by molar-refractivity contribution is 7.18. The lowest BCUT2D eigenvalue weighted by Gasteiger charge is -2.60. The zero-order valence-corrected chi connectivity index (χ0v) is 26.5. The van der Waals surface area contributed by atoms with Gasteiger partial charge >= 0.3 is 0 Å². The molecule has 1 spiro atoms. The molecular formula is C33H34F2N6O3S. The molecular weight excluding hydrogens is 598 g/mol. The molecule has 4 aromatic rings. The summed E-state index contributed by atoms with van der Waals surface area (Å²) in [4.78, 5) is 35.4. The first-order chi connectivity index (χ1) is 21.5. The smallest absolute Gasteiger partial charge is 0.246 e. The van der Waals surface area contributed by atoms with E-state index in [2.05, 4.69) is 11.5 Å². The summed E-state index contributed by atoms with van der Waals surface area (Å²) in [5, 5.41) is 7.74. The number of pyridine rings is 1. The van der Waals surface area contributed by atoms with Crippen LogP contribution in [0.5, 0.6) is 5.75 Å². The minimum Gasteiger partial charge on any atom is -0.490 e. The highest BCUT2D eigenvalue weighted by Crippen LogP contribution is 2.50. The van der Waals surface area contributed by atoms with Gasteiger partial charge < -0.3 is 19.4 Å². The van der Waals surface area contributed by atoms with Gasteiger partial charge in [-0.2, -0.15) is 5.10 Å². The standard InChI is InChI=1S/C33H34F2N6O3S/c1-6-27(43)40-8-9-41-25(19(40)4)13-24(37-41)30-29(28-23(35)11-21(34)12-26(28)44-18(2)3)31-22(7-10-45-31)32(36-30)39-16-33(17-39)14-38(15-33)20(5)42/h6-7,10-13,18-19H,1,8-9,14-17H2,2-5H3. The van der Waals surface area contributed by atoms with E-state index < -0.39 is 11.6 Å². The quantitative estimate of drug-likeness (QED) is 0.256. The van der Waals surface area contributed by atoms with Crippen molar-refractivity contribution in [2.75, 3.05) is 37.6 Å². The van der Waals surface area contributed by atoms with Gasteiger partial charge in [0.25, 0.3) is 0 Å². The van der Waals surface area contributed by atoms with E-state index in [4.69, 9.17) is 14.8 Å². The van der Waals surface area contributed by atoms with Gasteiger partial charge in [0.15, 0.2) is 0 Å². The van der Waals surface area contributed by atoms with Crippen LogP contribution in [0.2, 0.25) is 0 Å². The summed E-state index contributed by atoms with van der Waals surface area (Å²) in [7, 11) is 0. The largest absolute Gasteiger partial charge is 0.490 e. The Hall–Kier alpha value is -4.32. The maximum Gasteiger partial charge on any atom is 0.246 e. The molecule has 3 aliphatic heterocycles. The van der Waals surface area contributed by atoms with Crippen molar-refractivity contribution in [2.45, 2.75) is 46.4 Å². The zero-order chi connectivity index (χ0) is 31.8. The molecule has 12 heteroatoms. The highest BCUT2D eigenvalue weighted by atomic mass is 32.1. The number of hydrogen-bond donors (Lipinski definition) is 0. The number of benzene rings is 1. The maximum atomic E-state index is 16.0. The number of nitrogens with zero attached hydrogens (tertiary/aromatic N) is 6. The lowest BCUT2D eigenvalue weighted by Crippen LogP contribution is -2.73. The minimum absolute atomic E-state index is 0.0416. The van der Waals surface area contributed by atoms with E-state index in [1.165, 1.54) is 23.5 Å². The van der Waals surface area contributed by atoms with Crippen LogP contribution in [0.25, 0.3) is 32.6 Å². The normalized spacial score (nSPS) is 18.6. The van der Waals surface area contributed by atoms with Crippen molar-refractivity contribution in [3.8, 4) is 28.3 Å². The zero-order valence-electron chi connectivity index (χ0n) is 25.6. The van der Waals surface area contributed by atoms with Gasteiger partial charge in [0.1, 0.15) is 34.6 Å². The van der Waals surface area contributed by atoms with E-state index in [-0.39, 0.29) is 40.7 Å². The number of amides is 2. The van der Waals surface area contributed by atoms with Gasteiger partial charge in [-0.05, 0) is 44.4 Å². The van der Waals surface area contributed by atoms with E-state index in [9.17, 15) is 14.0 Å². The average Bonchev–Trinajstić information content (AvgIpc) is 3.59. The van der Waals surface area contributed by atoms with Gasteiger partial charge in [0.05, 0.1) is 29.9 Å². The molecule has 2 saturated heterocycles. The minimum atomic E-state index is -0.752. The summed E-state index contributed by atoms with van der Waals surface area (Å²) in [6, 6.07) is 5.70. The summed E-state index contributed by atoms with van der Waals surface area (Å²) in [5.74, 6) is -0.714. The van der Waals surface area contributed by atoms with Crippen LogP contribution in [0.1, 0.15) is 39.4 Å². The third-order valence-corrected chi connectivity index (χ3v) is 9.96. The van der Waals surface area contributed by atoms with Crippen LogP contribution in [0, 0.1) is 17.0 Å². The molecule has 0 radical (unpaired) electrons. The second-order valence-corrected chi connectivity index (χ2v) is 13.5. The first kappa shape index (κ1) is 29.4. The summed E-state index contributed by atoms with van der Waals surface area (Å²) < 4.78 is 39.2. The Balaban J connectivity index is 1.40. The molecule has 9 nitrogen and oxygen atoms in total. The molecule has 1 unspecified atom stereocenters. The Bertz CT molecular complexity index is 1870. The molecule has 45 heavy (non-hydrogen) atoms. The van der Waals surface area contributed by atoms with Crippen molar-refractivity contribution >= 4 is 39.1 Å². The number of likely N-dealkylation sites (tertiary alicyclic amines) is 1. The SMILES string of the molecule is C=CC(=O)N1CCn2nc(-c3nc(N4CC5(CN(C(C)=O)C5)C4)c4ccsc4c3-c3c(F)cc(F)cc3OC(C)C)cc2C1C. The van der Waals surface area contributed by atoms with Crippen molar-refractivity contribution in [1.29, 1.82) is 0 Å². The van der Waals surface area contributed by atoms with Crippen LogP contribution in [-0.2, 0) is 16.1 Å². The Morgan fingerprint density at radius 3 is 2.58 bits per heavy atom. The fourth-order valence-electron chi connectivity index (χ4n) is 6.94. The lowest BCUT2D eigenvalue weighted by atomic mass is 9.72. The summed E-state index contributed by atoms with van der Waals surface area (Å²) in [6.07, 6.45) is 0.980. The maximum absolute atomic E-state index is 16.0. The van der Waals surface area contributed by atoms with E-state index in [1.807, 2.05) is 47.9 Å². The van der Waals surface area contributed by atoms with E-state index in [0.717, 1.165) is 53.8 Å². The fraction of sp³-hybridized carbons (Fsp3) is 0.394. The second-order valence-electron chi connectivity index (χ2n) is 12.6. The van der Waals surface area contributed by atoms with E-state index in [0.29, 0.717) is 30.0 Å². The summed E-state index contributed by atoms with van der Waals surface area (Å²) in [5.41, 5.74) is 2.46. The number of rotatable bonds is 6. The Labute approximate surface area is 263 Å². The predicted octanol–water partition coefficient (Wildman–Crippen LogP) is 5.65. The summed E-state index contributed by atoms with van der Waals surface area (Å²) >= 11 is 1.46. The molecule has 1 aromatic carbocycles. The van der Waals surface area contributed by atoms with Crippen molar-refractivity contribution in [2.24, 2.45) is 5.41 Å². The van der Waals surface area contributed by atoms with Gasteiger partial charge in [0.2, 0.25) is 11.8 Å². The lowest BCUT2D eigenvalue weighted by molar-refractivity contribution is -0.142. The third kappa shape index (κ3) is 4.77. The molecule has 2 fully saturated rings. The molecule has 0 aliphatic carbocycles. The molecule has 3 aromatic heterocycles. The number of aromatic nitrogens is 3. The molecule has 7 rings (SSSR count). The second kappa shape index (κ2) is 10.6. The molecule has 2 amide bonds. The fourth-order valence-corrected chi connectivity index (χ4v) is 7.89. The van der Waals surface area contributed by atoms with Crippen molar-refractivity contribution in [3.63, 3.8) is 0 Å². The Morgan fingerprint density at radius 1 is 1.13 bits per heavy atom. The van der Waals surface area contributed by atoms with Gasteiger partial charge in [-0.25, -0.2) is 13.8 Å². The molecule has 1 atom stereocenters. The van der Waals surface area contributed by atoms with Crippen molar-refractivity contribution in [1.82, 2.24) is 24.6 Å². The Kier molecular flexibility index (Phi) is 6.95. The molecule has 3 aliphatic rings. The van der Waals surface area contributed by atoms with Crippen LogP contribution in [0.4, 0.5) is 14.6 Å². The van der Waals surface area contributed by atoms with Gasteiger partial charge in [-0.3, -0.25) is 14.3 Å². The van der Waals surface area contributed by atoms with Crippen molar-refractivity contribution in [3.05, 3.63) is 59.6 Å². The van der Waals surface area contributed by atoms with Crippen molar-refractivity contribution < 1.29 is 23.1 Å². The monoisotopic (exact) mass is 632 g/mol. The molecule has 0 saturated carbocycles. The number of carbonyl (C=O) groups is 2. The topological polar surface area (TPSA) is 83.8 Å². The first-order valence-electron chi connectivity index (χ1n) is 15.1. The number of carbonyl (C=O) groups excluding carboxylic acids is 2. The number of thiophene rings is 1. The number of halogens is 2. The average molecular weight is 633 g/mol. The van der Waals surface area contributed by atoms with E-state index >= 15 is 4.39 Å². The van der Waals surface area contributed by atoms with Crippen LogP contribution in [0.3, 0.4) is 0 Å². The molecule has 234 valence electrons. The molecule has 6 heterocycles.